The molecule has 0 radical (unpaired) electrons. The summed E-state index contributed by atoms with van der Waals surface area (Å²) in [5, 5.41) is 0. The quantitative estimate of drug-likeness (QED) is 0.0781. The van der Waals surface area contributed by atoms with E-state index in [2.05, 4.69) is 98.8 Å². The zero-order valence-electron chi connectivity index (χ0n) is 28.3. The van der Waals surface area contributed by atoms with E-state index >= 15 is 0 Å². The largest absolute Gasteiger partial charge is 0.399 e. The molecule has 0 spiro atoms. The van der Waals surface area contributed by atoms with Crippen LogP contribution < -0.4 is 11.5 Å². The molecule has 0 atom stereocenters. The maximum Gasteiger partial charge on any atom is 0.0346 e. The van der Waals surface area contributed by atoms with Gasteiger partial charge >= 0.3 is 0 Å². The Bertz CT molecular complexity index is 1290. The molecule has 45 heavy (non-hydrogen) atoms. The fourth-order valence-corrected chi connectivity index (χ4v) is 6.42. The molecule has 0 aliphatic heterocycles. The van der Waals surface area contributed by atoms with Crippen LogP contribution in [0.4, 0.5) is 11.4 Å². The van der Waals surface area contributed by atoms with E-state index in [4.69, 9.17) is 11.5 Å². The predicted molar refractivity (Wildman–Crippen MR) is 197 cm³/mol. The van der Waals surface area contributed by atoms with Crippen molar-refractivity contribution in [3.05, 3.63) is 129 Å². The zero-order chi connectivity index (χ0) is 31.7. The summed E-state index contributed by atoms with van der Waals surface area (Å²) < 4.78 is 0. The first kappa shape index (κ1) is 34.4. The minimum atomic E-state index is 0.943. The topological polar surface area (TPSA) is 52.0 Å². The van der Waals surface area contributed by atoms with Crippen LogP contribution in [0.15, 0.2) is 84.9 Å². The highest BCUT2D eigenvalue weighted by Crippen LogP contribution is 2.22. The summed E-state index contributed by atoms with van der Waals surface area (Å²) in [5.74, 6) is 0. The molecule has 2 heteroatoms. The van der Waals surface area contributed by atoms with Crippen LogP contribution in [0.3, 0.4) is 0 Å². The van der Waals surface area contributed by atoms with Gasteiger partial charge in [-0.15, -0.1) is 0 Å². The van der Waals surface area contributed by atoms with Crippen LogP contribution in [0.5, 0.6) is 0 Å². The highest BCUT2D eigenvalue weighted by Gasteiger charge is 2.06. The third-order valence-corrected chi connectivity index (χ3v) is 9.31. The Morgan fingerprint density at radius 3 is 1.11 bits per heavy atom. The van der Waals surface area contributed by atoms with Gasteiger partial charge in [0.15, 0.2) is 0 Å². The third-order valence-electron chi connectivity index (χ3n) is 9.31. The molecule has 0 saturated heterocycles. The van der Waals surface area contributed by atoms with Gasteiger partial charge in [0, 0.05) is 11.4 Å². The Morgan fingerprint density at radius 1 is 0.356 bits per heavy atom. The van der Waals surface area contributed by atoms with Crippen LogP contribution in [0.1, 0.15) is 129 Å². The van der Waals surface area contributed by atoms with Gasteiger partial charge < -0.3 is 11.5 Å². The smallest absolute Gasteiger partial charge is 0.0346 e. The van der Waals surface area contributed by atoms with E-state index in [0.717, 1.165) is 56.3 Å². The van der Waals surface area contributed by atoms with E-state index in [1.807, 2.05) is 0 Å². The van der Waals surface area contributed by atoms with Crippen LogP contribution >= 0.6 is 0 Å². The maximum atomic E-state index is 6.30. The highest BCUT2D eigenvalue weighted by molar-refractivity contribution is 5.50. The molecule has 4 aromatic carbocycles. The Balaban J connectivity index is 1.20. The Labute approximate surface area is 274 Å². The number of nitrogen functional groups attached to an aromatic ring is 2. The normalized spacial score (nSPS) is 11.2. The van der Waals surface area contributed by atoms with Crippen molar-refractivity contribution in [2.24, 2.45) is 0 Å². The molecule has 0 heterocycles. The first-order valence-corrected chi connectivity index (χ1v) is 17.9. The number of benzene rings is 4. The number of rotatable bonds is 20. The van der Waals surface area contributed by atoms with Crippen LogP contribution in [-0.4, -0.2) is 0 Å². The number of nitrogens with two attached hydrogens (primary N) is 2. The molecular formula is C43H58N2. The average Bonchev–Trinajstić information content (AvgIpc) is 3.05. The van der Waals surface area contributed by atoms with Gasteiger partial charge in [0.2, 0.25) is 0 Å². The van der Waals surface area contributed by atoms with Gasteiger partial charge in [-0.2, -0.15) is 0 Å². The summed E-state index contributed by atoms with van der Waals surface area (Å²) in [7, 11) is 0. The first-order valence-electron chi connectivity index (χ1n) is 17.9. The minimum Gasteiger partial charge on any atom is -0.399 e. The average molecular weight is 603 g/mol. The SMILES string of the molecule is CCCCCCCc1cc(Cc2ccc(CCCc3ccc(Cc4ccc(N)c(CCCCCCC)c4)cc3)cc2)ccc1N. The molecule has 0 amide bonds. The van der Waals surface area contributed by atoms with Crippen LogP contribution in [0.25, 0.3) is 0 Å². The molecule has 0 aliphatic rings. The summed E-state index contributed by atoms with van der Waals surface area (Å²) >= 11 is 0. The summed E-state index contributed by atoms with van der Waals surface area (Å²) in [4.78, 5) is 0. The lowest BCUT2D eigenvalue weighted by atomic mass is 9.96. The number of aryl methyl sites for hydroxylation is 4. The van der Waals surface area contributed by atoms with E-state index < -0.39 is 0 Å². The summed E-state index contributed by atoms with van der Waals surface area (Å²) in [6.45, 7) is 4.53. The van der Waals surface area contributed by atoms with Gasteiger partial charge in [-0.05, 0) is 114 Å². The molecule has 240 valence electrons. The lowest BCUT2D eigenvalue weighted by molar-refractivity contribution is 0.632. The summed E-state index contributed by atoms with van der Waals surface area (Å²) in [6.07, 6.45) is 20.5. The van der Waals surface area contributed by atoms with Gasteiger partial charge in [-0.1, -0.05) is 138 Å². The summed E-state index contributed by atoms with van der Waals surface area (Å²) in [5.41, 5.74) is 25.4. The standard InChI is InChI=1S/C43H58N2/c1-3-5-7-9-11-16-40-32-38(26-28-42(40)44)30-36-22-18-34(19-23-36)14-13-15-35-20-24-37(25-21-35)31-39-27-29-43(45)41(33-39)17-12-10-8-6-4-2/h18-29,32-33H,3-17,30-31,44-45H2,1-2H3. The summed E-state index contributed by atoms with van der Waals surface area (Å²) in [6, 6.07) is 31.7. The lowest BCUT2D eigenvalue weighted by Crippen LogP contribution is -1.98. The molecule has 2 nitrogen and oxygen atoms in total. The fraction of sp³-hybridized carbons (Fsp3) is 0.442. The maximum absolute atomic E-state index is 6.30. The van der Waals surface area contributed by atoms with E-state index in [1.54, 1.807) is 0 Å². The Hall–Kier alpha value is -3.52. The second-order valence-corrected chi connectivity index (χ2v) is 13.2. The van der Waals surface area contributed by atoms with Crippen molar-refractivity contribution in [1.29, 1.82) is 0 Å². The third kappa shape index (κ3) is 12.1. The van der Waals surface area contributed by atoms with Crippen molar-refractivity contribution in [3.63, 3.8) is 0 Å². The van der Waals surface area contributed by atoms with E-state index in [-0.39, 0.29) is 0 Å². The van der Waals surface area contributed by atoms with Crippen molar-refractivity contribution >= 4 is 11.4 Å². The van der Waals surface area contributed by atoms with Gasteiger partial charge in [-0.3, -0.25) is 0 Å². The lowest BCUT2D eigenvalue weighted by Gasteiger charge is -2.10. The van der Waals surface area contributed by atoms with Gasteiger partial charge in [0.25, 0.3) is 0 Å². The Morgan fingerprint density at radius 2 is 0.711 bits per heavy atom. The van der Waals surface area contributed by atoms with Crippen molar-refractivity contribution < 1.29 is 0 Å². The molecule has 4 rings (SSSR count). The fourth-order valence-electron chi connectivity index (χ4n) is 6.42. The predicted octanol–water partition coefficient (Wildman–Crippen LogP) is 11.2. The molecule has 0 aromatic heterocycles. The first-order chi connectivity index (χ1) is 22.0. The van der Waals surface area contributed by atoms with Crippen molar-refractivity contribution in [3.8, 4) is 0 Å². The molecule has 0 saturated carbocycles. The molecule has 0 unspecified atom stereocenters. The van der Waals surface area contributed by atoms with Crippen LogP contribution in [0.2, 0.25) is 0 Å². The van der Waals surface area contributed by atoms with Crippen molar-refractivity contribution in [2.75, 3.05) is 11.5 Å². The number of hydrogen-bond acceptors (Lipinski definition) is 2. The second-order valence-electron chi connectivity index (χ2n) is 13.2. The molecular weight excluding hydrogens is 544 g/mol. The van der Waals surface area contributed by atoms with E-state index in [0.29, 0.717) is 0 Å². The molecule has 4 N–H and O–H groups in total. The number of unbranched alkanes of at least 4 members (excludes halogenated alkanes) is 8. The van der Waals surface area contributed by atoms with Gasteiger partial charge in [0.05, 0.1) is 0 Å². The monoisotopic (exact) mass is 602 g/mol. The zero-order valence-corrected chi connectivity index (χ0v) is 28.3. The highest BCUT2D eigenvalue weighted by atomic mass is 14.6. The number of anilines is 2. The van der Waals surface area contributed by atoms with Crippen LogP contribution in [-0.2, 0) is 38.5 Å². The van der Waals surface area contributed by atoms with Crippen LogP contribution in [0, 0.1) is 0 Å². The molecule has 0 bridgehead atoms. The Kier molecular flexibility index (Phi) is 14.6. The molecule has 0 fully saturated rings. The van der Waals surface area contributed by atoms with E-state index in [1.165, 1.54) is 109 Å². The number of hydrogen-bond donors (Lipinski definition) is 2. The second kappa shape index (κ2) is 19.1. The van der Waals surface area contributed by atoms with E-state index in [9.17, 15) is 0 Å². The van der Waals surface area contributed by atoms with Crippen molar-refractivity contribution in [1.82, 2.24) is 0 Å². The van der Waals surface area contributed by atoms with Crippen molar-refractivity contribution in [2.45, 2.75) is 123 Å². The van der Waals surface area contributed by atoms with Gasteiger partial charge in [-0.25, -0.2) is 0 Å². The molecule has 0 aliphatic carbocycles. The van der Waals surface area contributed by atoms with Gasteiger partial charge in [0.1, 0.15) is 0 Å². The minimum absolute atomic E-state index is 0.943. The molecule has 4 aromatic rings.